The molecule has 1 aliphatic carbocycles. The van der Waals surface area contributed by atoms with E-state index < -0.39 is 12.1 Å². The highest BCUT2D eigenvalue weighted by Gasteiger charge is 2.29. The summed E-state index contributed by atoms with van der Waals surface area (Å²) in [5, 5.41) is 18.4. The van der Waals surface area contributed by atoms with Crippen molar-refractivity contribution in [3.05, 3.63) is 77.1 Å². The lowest BCUT2D eigenvalue weighted by molar-refractivity contribution is -0.137. The van der Waals surface area contributed by atoms with Gasteiger partial charge in [0.2, 0.25) is 0 Å². The van der Waals surface area contributed by atoms with Gasteiger partial charge in [0.1, 0.15) is 12.3 Å². The van der Waals surface area contributed by atoms with Crippen LogP contribution in [0, 0.1) is 5.92 Å². The van der Waals surface area contributed by atoms with E-state index in [0.29, 0.717) is 11.3 Å². The largest absolute Gasteiger partial charge is 0.481 e. The predicted molar refractivity (Wildman–Crippen MR) is 129 cm³/mol. The second-order valence-electron chi connectivity index (χ2n) is 8.73. The zero-order valence-electron chi connectivity index (χ0n) is 19.7. The van der Waals surface area contributed by atoms with E-state index in [1.54, 1.807) is 14.0 Å². The van der Waals surface area contributed by atoms with Crippen LogP contribution in [-0.2, 0) is 23.1 Å². The Balaban J connectivity index is 1.34. The van der Waals surface area contributed by atoms with Crippen LogP contribution in [0.25, 0.3) is 11.1 Å². The van der Waals surface area contributed by atoms with E-state index in [4.69, 9.17) is 9.84 Å². The van der Waals surface area contributed by atoms with Gasteiger partial charge in [-0.2, -0.15) is 5.10 Å². The summed E-state index contributed by atoms with van der Waals surface area (Å²) in [6, 6.07) is 16.2. The van der Waals surface area contributed by atoms with Crippen molar-refractivity contribution in [1.29, 1.82) is 0 Å². The van der Waals surface area contributed by atoms with Gasteiger partial charge in [0, 0.05) is 31.5 Å². The van der Waals surface area contributed by atoms with Crippen molar-refractivity contribution >= 4 is 18.0 Å². The van der Waals surface area contributed by atoms with Crippen LogP contribution in [0.15, 0.2) is 54.7 Å². The highest BCUT2D eigenvalue weighted by molar-refractivity contribution is 5.94. The molecule has 3 aromatic rings. The smallest absolute Gasteiger partial charge is 0.407 e. The Kier molecular flexibility index (Phi) is 7.14. The van der Waals surface area contributed by atoms with Gasteiger partial charge in [0.05, 0.1) is 12.7 Å². The van der Waals surface area contributed by atoms with E-state index in [9.17, 15) is 14.4 Å². The number of nitrogens with zero attached hydrogens (tertiary/aromatic N) is 2. The van der Waals surface area contributed by atoms with E-state index in [1.165, 1.54) is 10.9 Å². The highest BCUT2D eigenvalue weighted by Crippen LogP contribution is 2.44. The molecule has 0 aliphatic heterocycles. The summed E-state index contributed by atoms with van der Waals surface area (Å²) in [5.41, 5.74) is 5.40. The van der Waals surface area contributed by atoms with Crippen LogP contribution in [0.1, 0.15) is 46.4 Å². The maximum Gasteiger partial charge on any atom is 0.407 e. The minimum atomic E-state index is -0.916. The van der Waals surface area contributed by atoms with Crippen molar-refractivity contribution in [3.8, 4) is 11.1 Å². The number of hydrogen-bond donors (Lipinski definition) is 3. The number of carbonyl (C=O) groups excluding carboxylic acids is 2. The SMILES string of the molecule is CC(CNC(=O)c1c(CNC(=O)OCC2c3ccccc3-c3ccccc32)cnn1C)CC(=O)O. The molecule has 182 valence electrons. The third-order valence-electron chi connectivity index (χ3n) is 6.13. The summed E-state index contributed by atoms with van der Waals surface area (Å²) in [6.45, 7) is 2.23. The molecule has 2 amide bonds. The molecule has 0 fully saturated rings. The van der Waals surface area contributed by atoms with Crippen LogP contribution in [-0.4, -0.2) is 46.0 Å². The standard InChI is InChI=1S/C26H28N4O5/c1-16(11-23(31)32)12-27-25(33)24-17(14-29-30(24)2)13-28-26(34)35-15-22-20-9-5-3-7-18(20)19-8-4-6-10-21(19)22/h3-10,14,16,22H,11-13,15H2,1-2H3,(H,27,33)(H,28,34)(H,31,32). The molecule has 0 saturated carbocycles. The Hall–Kier alpha value is -4.14. The lowest BCUT2D eigenvalue weighted by atomic mass is 9.98. The molecule has 0 saturated heterocycles. The second kappa shape index (κ2) is 10.4. The number of carboxylic acids is 1. The van der Waals surface area contributed by atoms with Gasteiger partial charge in [0.25, 0.3) is 5.91 Å². The first-order valence-corrected chi connectivity index (χ1v) is 11.4. The van der Waals surface area contributed by atoms with Crippen LogP contribution in [0.5, 0.6) is 0 Å². The third kappa shape index (κ3) is 5.34. The summed E-state index contributed by atoms with van der Waals surface area (Å²) in [6.07, 6.45) is 0.887. The number of alkyl carbamates (subject to hydrolysis) is 1. The molecular formula is C26H28N4O5. The van der Waals surface area contributed by atoms with E-state index in [2.05, 4.69) is 40.0 Å². The number of benzene rings is 2. The monoisotopic (exact) mass is 476 g/mol. The molecule has 9 heteroatoms. The van der Waals surface area contributed by atoms with E-state index in [1.807, 2.05) is 24.3 Å². The molecule has 0 radical (unpaired) electrons. The maximum absolute atomic E-state index is 12.7. The molecule has 9 nitrogen and oxygen atoms in total. The number of aryl methyl sites for hydroxylation is 1. The molecule has 0 bridgehead atoms. The van der Waals surface area contributed by atoms with Gasteiger partial charge in [-0.25, -0.2) is 4.79 Å². The quantitative estimate of drug-likeness (QED) is 0.436. The van der Waals surface area contributed by atoms with E-state index >= 15 is 0 Å². The van der Waals surface area contributed by atoms with Crippen molar-refractivity contribution in [3.63, 3.8) is 0 Å². The van der Waals surface area contributed by atoms with Crippen LogP contribution >= 0.6 is 0 Å². The first-order chi connectivity index (χ1) is 16.8. The molecule has 1 unspecified atom stereocenters. The van der Waals surface area contributed by atoms with Gasteiger partial charge in [-0.15, -0.1) is 0 Å². The number of carbonyl (C=O) groups is 3. The van der Waals surface area contributed by atoms with Gasteiger partial charge < -0.3 is 20.5 Å². The third-order valence-corrected chi connectivity index (χ3v) is 6.13. The maximum atomic E-state index is 12.7. The number of hydrogen-bond acceptors (Lipinski definition) is 5. The minimum Gasteiger partial charge on any atom is -0.481 e. The fourth-order valence-corrected chi connectivity index (χ4v) is 4.44. The normalized spacial score (nSPS) is 13.0. The van der Waals surface area contributed by atoms with E-state index in [0.717, 1.165) is 22.3 Å². The first kappa shape index (κ1) is 24.0. The number of aromatic nitrogens is 2. The number of aliphatic carboxylic acids is 1. The van der Waals surface area contributed by atoms with Crippen molar-refractivity contribution in [2.75, 3.05) is 13.2 Å². The molecule has 3 N–H and O–H groups in total. The molecule has 1 heterocycles. The number of ether oxygens (including phenoxy) is 1. The van der Waals surface area contributed by atoms with Crippen LogP contribution in [0.4, 0.5) is 4.79 Å². The predicted octanol–water partition coefficient (Wildman–Crippen LogP) is 3.30. The summed E-state index contributed by atoms with van der Waals surface area (Å²) in [7, 11) is 1.63. The Morgan fingerprint density at radius 2 is 1.69 bits per heavy atom. The topological polar surface area (TPSA) is 123 Å². The Bertz CT molecular complexity index is 1210. The summed E-state index contributed by atoms with van der Waals surface area (Å²) in [5.74, 6) is -1.56. The molecule has 1 aromatic heterocycles. The summed E-state index contributed by atoms with van der Waals surface area (Å²) < 4.78 is 6.97. The molecule has 1 atom stereocenters. The molecule has 4 rings (SSSR count). The minimum absolute atomic E-state index is 0.0398. The molecular weight excluding hydrogens is 448 g/mol. The Labute approximate surface area is 203 Å². The van der Waals surface area contributed by atoms with Crippen molar-refractivity contribution in [2.24, 2.45) is 13.0 Å². The van der Waals surface area contributed by atoms with Gasteiger partial charge >= 0.3 is 12.1 Å². The fraction of sp³-hybridized carbons (Fsp3) is 0.308. The van der Waals surface area contributed by atoms with Crippen LogP contribution in [0.3, 0.4) is 0 Å². The lowest BCUT2D eigenvalue weighted by Gasteiger charge is -2.15. The average molecular weight is 477 g/mol. The molecule has 35 heavy (non-hydrogen) atoms. The van der Waals surface area contributed by atoms with Gasteiger partial charge in [-0.05, 0) is 28.2 Å². The van der Waals surface area contributed by atoms with Gasteiger partial charge in [-0.1, -0.05) is 55.5 Å². The van der Waals surface area contributed by atoms with Crippen molar-refractivity contribution in [2.45, 2.75) is 25.8 Å². The first-order valence-electron chi connectivity index (χ1n) is 11.4. The molecule has 2 aromatic carbocycles. The van der Waals surface area contributed by atoms with Crippen molar-refractivity contribution < 1.29 is 24.2 Å². The highest BCUT2D eigenvalue weighted by atomic mass is 16.5. The molecule has 1 aliphatic rings. The zero-order chi connectivity index (χ0) is 24.9. The van der Waals surface area contributed by atoms with Crippen LogP contribution in [0.2, 0.25) is 0 Å². The number of carboxylic acid groups (broad SMARTS) is 1. The van der Waals surface area contributed by atoms with Gasteiger partial charge in [-0.3, -0.25) is 14.3 Å². The zero-order valence-corrected chi connectivity index (χ0v) is 19.7. The fourth-order valence-electron chi connectivity index (χ4n) is 4.44. The van der Waals surface area contributed by atoms with Crippen molar-refractivity contribution in [1.82, 2.24) is 20.4 Å². The van der Waals surface area contributed by atoms with E-state index in [-0.39, 0.29) is 43.9 Å². The number of nitrogens with one attached hydrogen (secondary N) is 2. The summed E-state index contributed by atoms with van der Waals surface area (Å²) >= 11 is 0. The second-order valence-corrected chi connectivity index (χ2v) is 8.73. The lowest BCUT2D eigenvalue weighted by Crippen LogP contribution is -2.32. The number of amides is 2. The number of fused-ring (bicyclic) bond motifs is 3. The van der Waals surface area contributed by atoms with Gasteiger partial charge in [0.15, 0.2) is 0 Å². The number of rotatable bonds is 9. The average Bonchev–Trinajstić information content (AvgIpc) is 3.37. The molecule has 0 spiro atoms. The van der Waals surface area contributed by atoms with Crippen LogP contribution < -0.4 is 10.6 Å². The Morgan fingerprint density at radius 3 is 2.31 bits per heavy atom. The summed E-state index contributed by atoms with van der Waals surface area (Å²) in [4.78, 5) is 36.0. The Morgan fingerprint density at radius 1 is 1.06 bits per heavy atom.